The summed E-state index contributed by atoms with van der Waals surface area (Å²) >= 11 is 1.13. The summed E-state index contributed by atoms with van der Waals surface area (Å²) < 4.78 is 15.7. The van der Waals surface area contributed by atoms with Crippen molar-refractivity contribution in [3.8, 4) is 11.5 Å². The van der Waals surface area contributed by atoms with E-state index in [1.165, 1.54) is 0 Å². The van der Waals surface area contributed by atoms with Crippen LogP contribution < -0.4 is 15.2 Å². The molecule has 3 heterocycles. The summed E-state index contributed by atoms with van der Waals surface area (Å²) in [4.78, 5) is 21.3. The topological polar surface area (TPSA) is 129 Å². The molecule has 0 amide bonds. The number of aromatic nitrogens is 2. The van der Waals surface area contributed by atoms with Gasteiger partial charge in [-0.05, 0) is 31.2 Å². The van der Waals surface area contributed by atoms with Crippen LogP contribution in [0, 0.1) is 0 Å². The molecule has 0 bridgehead atoms. The van der Waals surface area contributed by atoms with Crippen LogP contribution in [0.4, 0.5) is 5.95 Å². The number of nitrogens with zero attached hydrogens (tertiary/aromatic N) is 3. The Labute approximate surface area is 157 Å². The number of rotatable bonds is 4. The summed E-state index contributed by atoms with van der Waals surface area (Å²) in [5.74, 6) is 0.667. The Morgan fingerprint density at radius 2 is 2.15 bits per heavy atom. The summed E-state index contributed by atoms with van der Waals surface area (Å²) in [5.41, 5.74) is 6.83. The fourth-order valence-corrected chi connectivity index (χ4v) is 3.64. The lowest BCUT2D eigenvalue weighted by atomic mass is 10.0. The average molecular weight is 386 g/mol. The SMILES string of the molecule is CCOC(=O)c1cc2c(/C(=N\O)c3ccc4c(c3)OCO4)nc(N)nc2s1. The molecule has 0 atom stereocenters. The average Bonchev–Trinajstić information content (AvgIpc) is 3.28. The normalized spacial score (nSPS) is 13.1. The van der Waals surface area contributed by atoms with Gasteiger partial charge in [0.15, 0.2) is 11.5 Å². The second kappa shape index (κ2) is 6.72. The quantitative estimate of drug-likeness (QED) is 0.303. The number of fused-ring (bicyclic) bond motifs is 2. The van der Waals surface area contributed by atoms with Crippen LogP contribution in [0.1, 0.15) is 27.9 Å². The van der Waals surface area contributed by atoms with Crippen LogP contribution in [-0.2, 0) is 4.74 Å². The Morgan fingerprint density at radius 3 is 2.93 bits per heavy atom. The molecule has 27 heavy (non-hydrogen) atoms. The number of ether oxygens (including phenoxy) is 3. The van der Waals surface area contributed by atoms with Gasteiger partial charge in [-0.2, -0.15) is 0 Å². The highest BCUT2D eigenvalue weighted by atomic mass is 32.1. The van der Waals surface area contributed by atoms with E-state index in [4.69, 9.17) is 19.9 Å². The molecular formula is C17H14N4O5S. The van der Waals surface area contributed by atoms with Gasteiger partial charge in [-0.15, -0.1) is 11.3 Å². The molecule has 0 saturated heterocycles. The zero-order valence-corrected chi connectivity index (χ0v) is 14.9. The Bertz CT molecular complexity index is 1080. The highest BCUT2D eigenvalue weighted by molar-refractivity contribution is 7.20. The number of carbonyl (C=O) groups is 1. The summed E-state index contributed by atoms with van der Waals surface area (Å²) in [6, 6.07) is 6.71. The van der Waals surface area contributed by atoms with Crippen LogP contribution in [0.2, 0.25) is 0 Å². The number of nitrogen functional groups attached to an aromatic ring is 1. The van der Waals surface area contributed by atoms with Crippen molar-refractivity contribution in [3.05, 3.63) is 40.4 Å². The highest BCUT2D eigenvalue weighted by Crippen LogP contribution is 2.34. The maximum atomic E-state index is 12.0. The highest BCUT2D eigenvalue weighted by Gasteiger charge is 2.22. The molecule has 9 nitrogen and oxygen atoms in total. The minimum absolute atomic E-state index is 0.00310. The minimum atomic E-state index is -0.462. The molecule has 138 valence electrons. The molecule has 3 N–H and O–H groups in total. The zero-order chi connectivity index (χ0) is 19.0. The fraction of sp³-hybridized carbons (Fsp3) is 0.176. The van der Waals surface area contributed by atoms with E-state index in [9.17, 15) is 10.0 Å². The van der Waals surface area contributed by atoms with Crippen LogP contribution in [0.15, 0.2) is 29.4 Å². The van der Waals surface area contributed by atoms with Crippen molar-refractivity contribution in [1.29, 1.82) is 0 Å². The van der Waals surface area contributed by atoms with Gasteiger partial charge in [-0.25, -0.2) is 14.8 Å². The number of hydrogen-bond acceptors (Lipinski definition) is 10. The summed E-state index contributed by atoms with van der Waals surface area (Å²) in [7, 11) is 0. The second-order valence-electron chi connectivity index (χ2n) is 5.50. The van der Waals surface area contributed by atoms with E-state index in [0.29, 0.717) is 37.9 Å². The van der Waals surface area contributed by atoms with Gasteiger partial charge >= 0.3 is 5.97 Å². The predicted octanol–water partition coefficient (Wildman–Crippen LogP) is 2.41. The molecule has 0 radical (unpaired) electrons. The third-order valence-electron chi connectivity index (χ3n) is 3.86. The Balaban J connectivity index is 1.85. The van der Waals surface area contributed by atoms with Gasteiger partial charge in [-0.1, -0.05) is 5.16 Å². The molecule has 0 spiro atoms. The molecule has 2 aromatic heterocycles. The lowest BCUT2D eigenvalue weighted by molar-refractivity contribution is 0.0532. The summed E-state index contributed by atoms with van der Waals surface area (Å²) in [5, 5.41) is 13.6. The number of hydrogen-bond donors (Lipinski definition) is 2. The van der Waals surface area contributed by atoms with Crippen molar-refractivity contribution >= 4 is 39.2 Å². The van der Waals surface area contributed by atoms with E-state index in [0.717, 1.165) is 11.3 Å². The van der Waals surface area contributed by atoms with Crippen LogP contribution in [0.25, 0.3) is 10.2 Å². The lowest BCUT2D eigenvalue weighted by Crippen LogP contribution is -2.09. The zero-order valence-electron chi connectivity index (χ0n) is 14.1. The van der Waals surface area contributed by atoms with Crippen molar-refractivity contribution < 1.29 is 24.2 Å². The summed E-state index contributed by atoms with van der Waals surface area (Å²) in [6.07, 6.45) is 0. The number of esters is 1. The van der Waals surface area contributed by atoms with E-state index in [1.54, 1.807) is 31.2 Å². The number of oxime groups is 1. The van der Waals surface area contributed by atoms with Crippen LogP contribution in [0.3, 0.4) is 0 Å². The molecule has 10 heteroatoms. The molecule has 0 aliphatic carbocycles. The Hall–Kier alpha value is -3.40. The summed E-state index contributed by atoms with van der Waals surface area (Å²) in [6.45, 7) is 2.11. The van der Waals surface area contributed by atoms with Gasteiger partial charge < -0.3 is 25.2 Å². The predicted molar refractivity (Wildman–Crippen MR) is 97.8 cm³/mol. The van der Waals surface area contributed by atoms with E-state index in [1.807, 2.05) is 0 Å². The largest absolute Gasteiger partial charge is 0.462 e. The fourth-order valence-electron chi connectivity index (χ4n) is 2.71. The maximum absolute atomic E-state index is 12.0. The van der Waals surface area contributed by atoms with Gasteiger partial charge in [0.1, 0.15) is 21.1 Å². The molecule has 1 aliphatic rings. The van der Waals surface area contributed by atoms with Crippen molar-refractivity contribution in [2.24, 2.45) is 5.16 Å². The van der Waals surface area contributed by atoms with Crippen LogP contribution in [-0.4, -0.2) is 40.3 Å². The van der Waals surface area contributed by atoms with Gasteiger partial charge in [0, 0.05) is 10.9 Å². The first-order valence-corrected chi connectivity index (χ1v) is 8.79. The third kappa shape index (κ3) is 2.99. The standard InChI is InChI=1S/C17H14N4O5S/c1-2-24-16(22)12-6-9-14(19-17(18)20-15(9)27-12)13(21-23)8-3-4-10-11(5-8)26-7-25-10/h3-6,23H,2,7H2,1H3,(H2,18,19,20)/b21-13-. The first kappa shape index (κ1) is 17.0. The van der Waals surface area contributed by atoms with E-state index in [-0.39, 0.29) is 25.1 Å². The van der Waals surface area contributed by atoms with E-state index in [2.05, 4.69) is 15.1 Å². The smallest absolute Gasteiger partial charge is 0.348 e. The van der Waals surface area contributed by atoms with E-state index >= 15 is 0 Å². The third-order valence-corrected chi connectivity index (χ3v) is 4.87. The molecular weight excluding hydrogens is 372 g/mol. The van der Waals surface area contributed by atoms with Crippen molar-refractivity contribution in [2.45, 2.75) is 6.92 Å². The number of nitrogens with two attached hydrogens (primary N) is 1. The van der Waals surface area contributed by atoms with Crippen LogP contribution >= 0.6 is 11.3 Å². The Morgan fingerprint density at radius 1 is 1.33 bits per heavy atom. The Kier molecular flexibility index (Phi) is 4.24. The van der Waals surface area contributed by atoms with Crippen molar-refractivity contribution in [1.82, 2.24) is 9.97 Å². The first-order valence-electron chi connectivity index (χ1n) is 7.97. The maximum Gasteiger partial charge on any atom is 0.348 e. The van der Waals surface area contributed by atoms with Gasteiger partial charge in [-0.3, -0.25) is 0 Å². The molecule has 1 aliphatic heterocycles. The van der Waals surface area contributed by atoms with Crippen LogP contribution in [0.5, 0.6) is 11.5 Å². The molecule has 0 saturated carbocycles. The van der Waals surface area contributed by atoms with Gasteiger partial charge in [0.2, 0.25) is 12.7 Å². The molecule has 0 fully saturated rings. The molecule has 4 rings (SSSR count). The first-order chi connectivity index (χ1) is 13.1. The molecule has 1 aromatic carbocycles. The monoisotopic (exact) mass is 386 g/mol. The lowest BCUT2D eigenvalue weighted by Gasteiger charge is -2.07. The van der Waals surface area contributed by atoms with Crippen molar-refractivity contribution in [3.63, 3.8) is 0 Å². The number of carbonyl (C=O) groups excluding carboxylic acids is 1. The minimum Gasteiger partial charge on any atom is -0.462 e. The number of anilines is 1. The molecule has 3 aromatic rings. The molecule has 0 unspecified atom stereocenters. The van der Waals surface area contributed by atoms with Crippen molar-refractivity contribution in [2.75, 3.05) is 19.1 Å². The number of thiophene rings is 1. The van der Waals surface area contributed by atoms with Gasteiger partial charge in [0.05, 0.1) is 6.61 Å². The van der Waals surface area contributed by atoms with E-state index < -0.39 is 5.97 Å². The second-order valence-corrected chi connectivity index (χ2v) is 6.53. The van der Waals surface area contributed by atoms with Gasteiger partial charge in [0.25, 0.3) is 0 Å². The number of benzene rings is 1.